The summed E-state index contributed by atoms with van der Waals surface area (Å²) in [4.78, 5) is 26.0. The smallest absolute Gasteiger partial charge is 0.272 e. The summed E-state index contributed by atoms with van der Waals surface area (Å²) in [7, 11) is 0. The molecule has 0 radical (unpaired) electrons. The molecule has 0 unspecified atom stereocenters. The third-order valence-corrected chi connectivity index (χ3v) is 5.69. The maximum atomic E-state index is 13.3. The molecule has 1 heterocycles. The average Bonchev–Trinajstić information content (AvgIpc) is 3.53. The Morgan fingerprint density at radius 3 is 2.50 bits per heavy atom. The van der Waals surface area contributed by atoms with Crippen LogP contribution in [-0.2, 0) is 6.61 Å². The summed E-state index contributed by atoms with van der Waals surface area (Å²) in [5.41, 5.74) is 1.97. The van der Waals surface area contributed by atoms with Crippen molar-refractivity contribution in [3.05, 3.63) is 63.6 Å². The van der Waals surface area contributed by atoms with E-state index in [2.05, 4.69) is 5.32 Å². The zero-order chi connectivity index (χ0) is 19.5. The Hall–Kier alpha value is -2.56. The van der Waals surface area contributed by atoms with Crippen molar-refractivity contribution in [2.45, 2.75) is 70.6 Å². The third-order valence-electron chi connectivity index (χ3n) is 5.69. The van der Waals surface area contributed by atoms with Gasteiger partial charge in [-0.2, -0.15) is 0 Å². The van der Waals surface area contributed by atoms with Gasteiger partial charge in [0.05, 0.1) is 0 Å². The van der Waals surface area contributed by atoms with Crippen molar-refractivity contribution in [2.75, 3.05) is 0 Å². The molecule has 2 aliphatic carbocycles. The molecule has 5 nitrogen and oxygen atoms in total. The van der Waals surface area contributed by atoms with Crippen molar-refractivity contribution in [3.8, 4) is 5.75 Å². The van der Waals surface area contributed by atoms with Crippen molar-refractivity contribution in [3.63, 3.8) is 0 Å². The molecule has 28 heavy (non-hydrogen) atoms. The van der Waals surface area contributed by atoms with Crippen molar-refractivity contribution >= 4 is 5.91 Å². The fraction of sp³-hybridized carbons (Fsp3) is 0.478. The summed E-state index contributed by atoms with van der Waals surface area (Å²) in [5.74, 6) is -0.00248. The fourth-order valence-electron chi connectivity index (χ4n) is 4.11. The van der Waals surface area contributed by atoms with E-state index < -0.39 is 0 Å². The van der Waals surface area contributed by atoms with Crippen LogP contribution in [0, 0.1) is 6.92 Å². The molecule has 1 aromatic carbocycles. The lowest BCUT2D eigenvalue weighted by Crippen LogP contribution is -2.39. The number of rotatable bonds is 6. The summed E-state index contributed by atoms with van der Waals surface area (Å²) in [6, 6.07) is 11.8. The molecule has 148 valence electrons. The highest BCUT2D eigenvalue weighted by Crippen LogP contribution is 2.38. The summed E-state index contributed by atoms with van der Waals surface area (Å²) in [5, 5.41) is 3.17. The van der Waals surface area contributed by atoms with Crippen LogP contribution in [0.3, 0.4) is 0 Å². The number of hydrogen-bond donors (Lipinski definition) is 1. The number of ether oxygens (including phenoxy) is 1. The molecule has 1 N–H and O–H groups in total. The third kappa shape index (κ3) is 4.13. The SMILES string of the molecule is Cc1cc(=O)c(OCc2ccccc2)c(C(=O)NC2CCCCC2)n1C1CC1. The molecule has 0 saturated heterocycles. The van der Waals surface area contributed by atoms with E-state index in [0.29, 0.717) is 5.69 Å². The Bertz CT molecular complexity index is 894. The number of benzene rings is 1. The number of nitrogens with one attached hydrogen (secondary N) is 1. The molecule has 1 amide bonds. The highest BCUT2D eigenvalue weighted by molar-refractivity contribution is 5.95. The Balaban J connectivity index is 1.66. The Morgan fingerprint density at radius 1 is 1.11 bits per heavy atom. The van der Waals surface area contributed by atoms with E-state index in [4.69, 9.17) is 4.74 Å². The van der Waals surface area contributed by atoms with Gasteiger partial charge in [-0.1, -0.05) is 49.6 Å². The maximum Gasteiger partial charge on any atom is 0.272 e. The van der Waals surface area contributed by atoms with Gasteiger partial charge in [0.25, 0.3) is 5.91 Å². The van der Waals surface area contributed by atoms with Gasteiger partial charge < -0.3 is 14.6 Å². The van der Waals surface area contributed by atoms with E-state index in [-0.39, 0.29) is 35.8 Å². The number of aromatic nitrogens is 1. The number of carbonyl (C=O) groups excluding carboxylic acids is 1. The van der Waals surface area contributed by atoms with E-state index in [1.54, 1.807) is 6.07 Å². The summed E-state index contributed by atoms with van der Waals surface area (Å²) in [6.45, 7) is 2.17. The largest absolute Gasteiger partial charge is 0.483 e. The van der Waals surface area contributed by atoms with Gasteiger partial charge in [-0.3, -0.25) is 9.59 Å². The van der Waals surface area contributed by atoms with Crippen LogP contribution < -0.4 is 15.5 Å². The number of hydrogen-bond acceptors (Lipinski definition) is 3. The lowest BCUT2D eigenvalue weighted by Gasteiger charge is -2.25. The highest BCUT2D eigenvalue weighted by atomic mass is 16.5. The van der Waals surface area contributed by atoms with Crippen LogP contribution in [0.1, 0.15) is 72.7 Å². The molecule has 4 rings (SSSR count). The van der Waals surface area contributed by atoms with E-state index in [1.807, 2.05) is 41.8 Å². The van der Waals surface area contributed by atoms with Crippen LogP contribution in [-0.4, -0.2) is 16.5 Å². The zero-order valence-corrected chi connectivity index (χ0v) is 16.4. The first-order valence-corrected chi connectivity index (χ1v) is 10.4. The van der Waals surface area contributed by atoms with Gasteiger partial charge in [0.1, 0.15) is 6.61 Å². The second-order valence-electron chi connectivity index (χ2n) is 8.01. The molecule has 2 saturated carbocycles. The quantitative estimate of drug-likeness (QED) is 0.820. The lowest BCUT2D eigenvalue weighted by molar-refractivity contribution is 0.0910. The number of nitrogens with zero attached hydrogens (tertiary/aromatic N) is 1. The first kappa shape index (κ1) is 18.8. The number of pyridine rings is 1. The van der Waals surface area contributed by atoms with Crippen LogP contribution >= 0.6 is 0 Å². The van der Waals surface area contributed by atoms with Crippen LogP contribution in [0.25, 0.3) is 0 Å². The molecular formula is C23H28N2O3. The molecule has 0 spiro atoms. The van der Waals surface area contributed by atoms with Gasteiger partial charge in [-0.25, -0.2) is 0 Å². The lowest BCUT2D eigenvalue weighted by atomic mass is 9.95. The predicted octanol–water partition coefficient (Wildman–Crippen LogP) is 4.13. The van der Waals surface area contributed by atoms with E-state index in [9.17, 15) is 9.59 Å². The maximum absolute atomic E-state index is 13.3. The fourth-order valence-corrected chi connectivity index (χ4v) is 4.11. The summed E-state index contributed by atoms with van der Waals surface area (Å²) >= 11 is 0. The van der Waals surface area contributed by atoms with Crippen molar-refractivity contribution in [1.82, 2.24) is 9.88 Å². The molecule has 2 aliphatic rings. The van der Waals surface area contributed by atoms with Gasteiger partial charge in [0, 0.05) is 23.8 Å². The van der Waals surface area contributed by atoms with E-state index in [1.165, 1.54) is 6.42 Å². The topological polar surface area (TPSA) is 60.3 Å². The van der Waals surface area contributed by atoms with Crippen molar-refractivity contribution in [2.24, 2.45) is 0 Å². The minimum absolute atomic E-state index is 0.176. The van der Waals surface area contributed by atoms with Gasteiger partial charge in [0.2, 0.25) is 5.43 Å². The second kappa shape index (κ2) is 8.21. The molecule has 0 bridgehead atoms. The Morgan fingerprint density at radius 2 is 1.82 bits per heavy atom. The molecular weight excluding hydrogens is 352 g/mol. The van der Waals surface area contributed by atoms with Crippen LogP contribution in [0.5, 0.6) is 5.75 Å². The minimum Gasteiger partial charge on any atom is -0.483 e. The summed E-state index contributed by atoms with van der Waals surface area (Å²) < 4.78 is 7.96. The molecule has 1 aromatic heterocycles. The predicted molar refractivity (Wildman–Crippen MR) is 109 cm³/mol. The molecule has 0 atom stereocenters. The first-order valence-electron chi connectivity index (χ1n) is 10.4. The molecule has 5 heteroatoms. The first-order chi connectivity index (χ1) is 13.6. The van der Waals surface area contributed by atoms with Crippen molar-refractivity contribution in [1.29, 1.82) is 0 Å². The van der Waals surface area contributed by atoms with Gasteiger partial charge in [-0.15, -0.1) is 0 Å². The molecule has 0 aliphatic heterocycles. The normalized spacial score (nSPS) is 17.3. The number of amides is 1. The Kier molecular flexibility index (Phi) is 5.51. The van der Waals surface area contributed by atoms with Gasteiger partial charge in [0.15, 0.2) is 11.4 Å². The molecule has 2 aromatic rings. The van der Waals surface area contributed by atoms with E-state index >= 15 is 0 Å². The van der Waals surface area contributed by atoms with Crippen LogP contribution in [0.4, 0.5) is 0 Å². The number of carbonyl (C=O) groups is 1. The van der Waals surface area contributed by atoms with Crippen LogP contribution in [0.15, 0.2) is 41.2 Å². The highest BCUT2D eigenvalue weighted by Gasteiger charge is 2.32. The minimum atomic E-state index is -0.223. The Labute approximate surface area is 165 Å². The summed E-state index contributed by atoms with van der Waals surface area (Å²) in [6.07, 6.45) is 7.60. The van der Waals surface area contributed by atoms with E-state index in [0.717, 1.165) is 49.8 Å². The second-order valence-corrected chi connectivity index (χ2v) is 8.01. The van der Waals surface area contributed by atoms with Crippen LogP contribution in [0.2, 0.25) is 0 Å². The number of aryl methyl sites for hydroxylation is 1. The zero-order valence-electron chi connectivity index (χ0n) is 16.4. The van der Waals surface area contributed by atoms with Crippen molar-refractivity contribution < 1.29 is 9.53 Å². The van der Waals surface area contributed by atoms with Gasteiger partial charge >= 0.3 is 0 Å². The average molecular weight is 380 g/mol. The molecule has 2 fully saturated rings. The standard InChI is InChI=1S/C23H28N2O3/c1-16-14-20(26)22(28-15-17-8-4-2-5-9-17)21(25(16)19-12-13-19)23(27)24-18-10-6-3-7-11-18/h2,4-5,8-9,14,18-19H,3,6-7,10-13,15H2,1H3,(H,24,27). The van der Waals surface area contributed by atoms with Gasteiger partial charge in [-0.05, 0) is 38.2 Å². The monoisotopic (exact) mass is 380 g/mol.